The lowest BCUT2D eigenvalue weighted by Crippen LogP contribution is -2.33. The second-order valence-corrected chi connectivity index (χ2v) is 7.95. The number of hydrogen-bond acceptors (Lipinski definition) is 3. The Hall–Kier alpha value is -2.29. The van der Waals surface area contributed by atoms with Gasteiger partial charge in [0.05, 0.1) is 17.5 Å². The van der Waals surface area contributed by atoms with E-state index in [4.69, 9.17) is 4.74 Å². The van der Waals surface area contributed by atoms with E-state index in [0.29, 0.717) is 6.61 Å². The molecule has 1 fully saturated rings. The summed E-state index contributed by atoms with van der Waals surface area (Å²) in [5, 5.41) is 0. The molecule has 2 aromatic rings. The minimum Gasteiger partial charge on any atom is -0.376 e. The highest BCUT2D eigenvalue weighted by Gasteiger charge is 2.27. The van der Waals surface area contributed by atoms with Crippen molar-refractivity contribution in [2.45, 2.75) is 30.8 Å². The maximum Gasteiger partial charge on any atom is 0.271 e. The lowest BCUT2D eigenvalue weighted by molar-refractivity contribution is 0.102. The summed E-state index contributed by atoms with van der Waals surface area (Å²) in [5.41, 5.74) is 1.79. The summed E-state index contributed by atoms with van der Waals surface area (Å²) in [6, 6.07) is 19.0. The van der Waals surface area contributed by atoms with Crippen molar-refractivity contribution in [3.63, 3.8) is 0 Å². The van der Waals surface area contributed by atoms with Gasteiger partial charge in [-0.1, -0.05) is 35.9 Å². The SMILES string of the molecule is Cc1ccc(S(=O)(=O)N(C#Cc2ccccc2)CC2CCCO2)cc1. The zero-order chi connectivity index (χ0) is 17.7. The largest absolute Gasteiger partial charge is 0.376 e. The van der Waals surface area contributed by atoms with Gasteiger partial charge >= 0.3 is 0 Å². The van der Waals surface area contributed by atoms with Gasteiger partial charge in [-0.05, 0) is 50.0 Å². The fourth-order valence-electron chi connectivity index (χ4n) is 2.66. The zero-order valence-corrected chi connectivity index (χ0v) is 15.0. The average Bonchev–Trinajstić information content (AvgIpc) is 3.13. The summed E-state index contributed by atoms with van der Waals surface area (Å²) in [6.07, 6.45) is 1.70. The maximum absolute atomic E-state index is 13.0. The standard InChI is InChI=1S/C20H21NO3S/c1-17-9-11-20(12-10-17)25(22,23)21(16-19-8-5-15-24-19)14-13-18-6-3-2-4-7-18/h2-4,6-7,9-12,19H,5,8,15-16H2,1H3. The van der Waals surface area contributed by atoms with E-state index in [1.54, 1.807) is 24.3 Å². The molecule has 0 saturated carbocycles. The lowest BCUT2D eigenvalue weighted by atomic mass is 10.2. The van der Waals surface area contributed by atoms with E-state index in [1.165, 1.54) is 4.31 Å². The summed E-state index contributed by atoms with van der Waals surface area (Å²) in [7, 11) is -3.70. The smallest absolute Gasteiger partial charge is 0.271 e. The highest BCUT2D eigenvalue weighted by molar-refractivity contribution is 7.89. The molecule has 1 aliphatic heterocycles. The number of aryl methyl sites for hydroxylation is 1. The summed E-state index contributed by atoms with van der Waals surface area (Å²) in [4.78, 5) is 0.249. The molecule has 25 heavy (non-hydrogen) atoms. The van der Waals surface area contributed by atoms with E-state index < -0.39 is 10.0 Å². The van der Waals surface area contributed by atoms with Gasteiger partial charge in [-0.3, -0.25) is 0 Å². The second kappa shape index (κ2) is 7.73. The van der Waals surface area contributed by atoms with Crippen molar-refractivity contribution in [3.8, 4) is 12.0 Å². The topological polar surface area (TPSA) is 46.6 Å². The molecule has 1 atom stereocenters. The predicted octanol–water partition coefficient (Wildman–Crippen LogP) is 3.17. The molecule has 1 aliphatic rings. The summed E-state index contributed by atoms with van der Waals surface area (Å²) >= 11 is 0. The van der Waals surface area contributed by atoms with E-state index in [2.05, 4.69) is 12.0 Å². The molecule has 0 aromatic heterocycles. The van der Waals surface area contributed by atoms with Gasteiger partial charge in [0.15, 0.2) is 0 Å². The van der Waals surface area contributed by atoms with E-state index in [0.717, 1.165) is 24.0 Å². The van der Waals surface area contributed by atoms with Crippen LogP contribution in [0, 0.1) is 18.9 Å². The second-order valence-electron chi connectivity index (χ2n) is 6.09. The summed E-state index contributed by atoms with van der Waals surface area (Å²) in [6.45, 7) is 2.85. The molecule has 0 bridgehead atoms. The van der Waals surface area contributed by atoms with Gasteiger partial charge in [0.25, 0.3) is 10.0 Å². The molecular formula is C20H21NO3S. The highest BCUT2D eigenvalue weighted by Crippen LogP contribution is 2.20. The minimum absolute atomic E-state index is 0.106. The van der Waals surface area contributed by atoms with Crippen LogP contribution in [0.3, 0.4) is 0 Å². The van der Waals surface area contributed by atoms with Gasteiger partial charge in [-0.2, -0.15) is 0 Å². The number of sulfonamides is 1. The lowest BCUT2D eigenvalue weighted by Gasteiger charge is -2.21. The van der Waals surface area contributed by atoms with Gasteiger partial charge in [0.2, 0.25) is 0 Å². The minimum atomic E-state index is -3.70. The first-order valence-electron chi connectivity index (χ1n) is 8.33. The Morgan fingerprint density at radius 1 is 1.12 bits per heavy atom. The quantitative estimate of drug-likeness (QED) is 0.625. The van der Waals surface area contributed by atoms with Crippen LogP contribution in [0.2, 0.25) is 0 Å². The van der Waals surface area contributed by atoms with Crippen LogP contribution in [0.4, 0.5) is 0 Å². The van der Waals surface area contributed by atoms with Gasteiger partial charge in [-0.25, -0.2) is 12.7 Å². The van der Waals surface area contributed by atoms with Crippen LogP contribution in [-0.4, -0.2) is 32.0 Å². The van der Waals surface area contributed by atoms with E-state index in [9.17, 15) is 8.42 Å². The Bertz CT molecular complexity index is 859. The number of ether oxygens (including phenoxy) is 1. The molecule has 0 N–H and O–H groups in total. The molecule has 130 valence electrons. The molecule has 0 amide bonds. The van der Waals surface area contributed by atoms with Crippen molar-refractivity contribution < 1.29 is 13.2 Å². The Kier molecular flexibility index (Phi) is 5.42. The molecule has 1 heterocycles. The Morgan fingerprint density at radius 3 is 2.48 bits per heavy atom. The third-order valence-electron chi connectivity index (χ3n) is 4.10. The van der Waals surface area contributed by atoms with Crippen molar-refractivity contribution in [2.75, 3.05) is 13.2 Å². The van der Waals surface area contributed by atoms with Gasteiger partial charge in [-0.15, -0.1) is 0 Å². The van der Waals surface area contributed by atoms with E-state index in [-0.39, 0.29) is 17.5 Å². The van der Waals surface area contributed by atoms with Crippen LogP contribution in [0.15, 0.2) is 59.5 Å². The zero-order valence-electron chi connectivity index (χ0n) is 14.2. The van der Waals surface area contributed by atoms with Crippen molar-refractivity contribution in [1.29, 1.82) is 0 Å². The van der Waals surface area contributed by atoms with Crippen LogP contribution in [0.25, 0.3) is 0 Å². The van der Waals surface area contributed by atoms with Crippen molar-refractivity contribution >= 4 is 10.0 Å². The van der Waals surface area contributed by atoms with Crippen LogP contribution in [0.1, 0.15) is 24.0 Å². The predicted molar refractivity (Wildman–Crippen MR) is 97.4 cm³/mol. The molecular weight excluding hydrogens is 334 g/mol. The Labute approximate surface area is 149 Å². The van der Waals surface area contributed by atoms with Crippen molar-refractivity contribution in [2.24, 2.45) is 0 Å². The molecule has 1 unspecified atom stereocenters. The van der Waals surface area contributed by atoms with Crippen LogP contribution < -0.4 is 0 Å². The third kappa shape index (κ3) is 4.41. The van der Waals surface area contributed by atoms with Gasteiger partial charge < -0.3 is 4.74 Å². The maximum atomic E-state index is 13.0. The number of rotatable bonds is 4. The summed E-state index contributed by atoms with van der Waals surface area (Å²) in [5.74, 6) is 2.95. The first-order chi connectivity index (χ1) is 12.1. The van der Waals surface area contributed by atoms with Gasteiger partial charge in [0.1, 0.15) is 0 Å². The third-order valence-corrected chi connectivity index (χ3v) is 5.79. The van der Waals surface area contributed by atoms with Crippen LogP contribution >= 0.6 is 0 Å². The van der Waals surface area contributed by atoms with E-state index in [1.807, 2.05) is 37.3 Å². The van der Waals surface area contributed by atoms with E-state index >= 15 is 0 Å². The van der Waals surface area contributed by atoms with Crippen LogP contribution in [0.5, 0.6) is 0 Å². The molecule has 5 heteroatoms. The highest BCUT2D eigenvalue weighted by atomic mass is 32.2. The number of hydrogen-bond donors (Lipinski definition) is 0. The first-order valence-corrected chi connectivity index (χ1v) is 9.77. The molecule has 4 nitrogen and oxygen atoms in total. The number of benzene rings is 2. The first kappa shape index (κ1) is 17.5. The molecule has 0 aliphatic carbocycles. The molecule has 0 radical (unpaired) electrons. The summed E-state index contributed by atoms with van der Waals surface area (Å²) < 4.78 is 32.9. The molecule has 3 rings (SSSR count). The Morgan fingerprint density at radius 2 is 1.84 bits per heavy atom. The average molecular weight is 355 g/mol. The normalized spacial score (nSPS) is 16.9. The van der Waals surface area contributed by atoms with Crippen molar-refractivity contribution in [1.82, 2.24) is 4.31 Å². The van der Waals surface area contributed by atoms with Gasteiger partial charge in [0, 0.05) is 18.2 Å². The fourth-order valence-corrected chi connectivity index (χ4v) is 3.93. The Balaban J connectivity index is 1.92. The number of nitrogens with zero attached hydrogens (tertiary/aromatic N) is 1. The molecule has 1 saturated heterocycles. The molecule has 2 aromatic carbocycles. The fraction of sp³-hybridized carbons (Fsp3) is 0.300. The monoisotopic (exact) mass is 355 g/mol. The van der Waals surface area contributed by atoms with Crippen LogP contribution in [-0.2, 0) is 14.8 Å². The van der Waals surface area contributed by atoms with Crippen molar-refractivity contribution in [3.05, 3.63) is 65.7 Å². The molecule has 0 spiro atoms.